The molecule has 2 nitrogen and oxygen atoms in total. The molecule has 0 aromatic heterocycles. The average Bonchev–Trinajstić information content (AvgIpc) is 2.50. The molecule has 1 N–H and O–H groups in total. The van der Waals surface area contributed by atoms with Crippen molar-refractivity contribution in [1.82, 2.24) is 5.32 Å². The van der Waals surface area contributed by atoms with Crippen molar-refractivity contribution >= 4 is 11.6 Å². The van der Waals surface area contributed by atoms with E-state index in [9.17, 15) is 4.39 Å². The summed E-state index contributed by atoms with van der Waals surface area (Å²) in [7, 11) is 1.64. The zero-order valence-electron chi connectivity index (χ0n) is 12.2. The van der Waals surface area contributed by atoms with Crippen LogP contribution in [0.15, 0.2) is 42.5 Å². The van der Waals surface area contributed by atoms with Gasteiger partial charge in [-0.25, -0.2) is 4.39 Å². The van der Waals surface area contributed by atoms with E-state index < -0.39 is 0 Å². The fourth-order valence-electron chi connectivity index (χ4n) is 2.33. The maximum absolute atomic E-state index is 13.9. The van der Waals surface area contributed by atoms with E-state index in [4.69, 9.17) is 16.3 Å². The smallest absolute Gasteiger partial charge is 0.126 e. The van der Waals surface area contributed by atoms with Gasteiger partial charge in [-0.15, -0.1) is 0 Å². The summed E-state index contributed by atoms with van der Waals surface area (Å²) >= 11 is 5.96. The minimum absolute atomic E-state index is 0.0121. The predicted molar refractivity (Wildman–Crippen MR) is 84.5 cm³/mol. The third kappa shape index (κ3) is 4.19. The molecule has 0 heterocycles. The van der Waals surface area contributed by atoms with E-state index in [1.54, 1.807) is 19.2 Å². The molecule has 1 atom stereocenters. The van der Waals surface area contributed by atoms with E-state index in [1.807, 2.05) is 31.2 Å². The van der Waals surface area contributed by atoms with Gasteiger partial charge in [0.1, 0.15) is 11.6 Å². The second-order valence-electron chi connectivity index (χ2n) is 4.83. The quantitative estimate of drug-likeness (QED) is 0.855. The average molecular weight is 308 g/mol. The molecular weight excluding hydrogens is 289 g/mol. The highest BCUT2D eigenvalue weighted by molar-refractivity contribution is 6.30. The van der Waals surface area contributed by atoms with Crippen LogP contribution >= 0.6 is 11.6 Å². The molecule has 0 saturated carbocycles. The molecule has 0 saturated heterocycles. The van der Waals surface area contributed by atoms with Crippen molar-refractivity contribution in [2.45, 2.75) is 19.4 Å². The van der Waals surface area contributed by atoms with Crippen LogP contribution in [0, 0.1) is 5.82 Å². The lowest BCUT2D eigenvalue weighted by molar-refractivity contribution is 0.413. The summed E-state index contributed by atoms with van der Waals surface area (Å²) in [5.74, 6) is 0.562. The van der Waals surface area contributed by atoms with Crippen LogP contribution < -0.4 is 10.1 Å². The maximum atomic E-state index is 13.9. The first-order valence-electron chi connectivity index (χ1n) is 6.95. The molecule has 0 aliphatic heterocycles. The van der Waals surface area contributed by atoms with Crippen molar-refractivity contribution in [2.24, 2.45) is 0 Å². The summed E-state index contributed by atoms with van der Waals surface area (Å²) in [5, 5.41) is 3.93. The highest BCUT2D eigenvalue weighted by Gasteiger charge is 2.14. The molecule has 4 heteroatoms. The Labute approximate surface area is 129 Å². The second-order valence-corrected chi connectivity index (χ2v) is 5.26. The molecule has 112 valence electrons. The van der Waals surface area contributed by atoms with Gasteiger partial charge in [0.2, 0.25) is 0 Å². The number of halogens is 2. The topological polar surface area (TPSA) is 21.3 Å². The monoisotopic (exact) mass is 307 g/mol. The number of likely N-dealkylation sites (N-methyl/N-ethyl adjacent to an activating group) is 1. The Morgan fingerprint density at radius 2 is 2.05 bits per heavy atom. The van der Waals surface area contributed by atoms with Crippen molar-refractivity contribution in [2.75, 3.05) is 13.7 Å². The number of ether oxygens (including phenoxy) is 1. The zero-order chi connectivity index (χ0) is 15.2. The van der Waals surface area contributed by atoms with E-state index in [0.717, 1.165) is 17.9 Å². The highest BCUT2D eigenvalue weighted by Crippen LogP contribution is 2.25. The maximum Gasteiger partial charge on any atom is 0.126 e. The molecule has 0 aliphatic carbocycles. The van der Waals surface area contributed by atoms with E-state index in [1.165, 1.54) is 6.07 Å². The van der Waals surface area contributed by atoms with Gasteiger partial charge in [0.15, 0.2) is 0 Å². The standard InChI is InChI=1S/C17H19ClFNO/c1-3-20-17(12-5-4-6-15(10-12)21-2)11-13-9-14(18)7-8-16(13)19/h4-10,17,20H,3,11H2,1-2H3. The lowest BCUT2D eigenvalue weighted by Gasteiger charge is -2.19. The Kier molecular flexibility index (Phi) is 5.59. The molecule has 1 unspecified atom stereocenters. The Bertz CT molecular complexity index is 603. The summed E-state index contributed by atoms with van der Waals surface area (Å²) in [6.07, 6.45) is 0.535. The molecule has 2 aromatic rings. The number of nitrogens with one attached hydrogen (secondary N) is 1. The van der Waals surface area contributed by atoms with Gasteiger partial charge in [-0.1, -0.05) is 30.7 Å². The first kappa shape index (κ1) is 15.8. The van der Waals surface area contributed by atoms with E-state index in [0.29, 0.717) is 17.0 Å². The predicted octanol–water partition coefficient (Wildman–Crippen LogP) is 4.38. The van der Waals surface area contributed by atoms with Crippen molar-refractivity contribution in [3.05, 3.63) is 64.4 Å². The van der Waals surface area contributed by atoms with Gasteiger partial charge >= 0.3 is 0 Å². The minimum atomic E-state index is -0.231. The summed E-state index contributed by atoms with van der Waals surface area (Å²) in [6.45, 7) is 2.82. The van der Waals surface area contributed by atoms with Crippen LogP contribution in [-0.2, 0) is 6.42 Å². The lowest BCUT2D eigenvalue weighted by atomic mass is 9.98. The van der Waals surface area contributed by atoms with Crippen LogP contribution in [0.3, 0.4) is 0 Å². The van der Waals surface area contributed by atoms with Gasteiger partial charge in [0.05, 0.1) is 7.11 Å². The summed E-state index contributed by atoms with van der Waals surface area (Å²) in [4.78, 5) is 0. The van der Waals surface area contributed by atoms with Gasteiger partial charge in [-0.3, -0.25) is 0 Å². The third-order valence-corrected chi connectivity index (χ3v) is 3.61. The number of hydrogen-bond acceptors (Lipinski definition) is 2. The van der Waals surface area contributed by atoms with Gasteiger partial charge in [0.25, 0.3) is 0 Å². The van der Waals surface area contributed by atoms with Crippen LogP contribution in [0.4, 0.5) is 4.39 Å². The first-order valence-corrected chi connectivity index (χ1v) is 7.33. The Morgan fingerprint density at radius 3 is 2.76 bits per heavy atom. The molecule has 0 bridgehead atoms. The van der Waals surface area contributed by atoms with E-state index >= 15 is 0 Å². The zero-order valence-corrected chi connectivity index (χ0v) is 13.0. The van der Waals surface area contributed by atoms with Crippen molar-refractivity contribution in [1.29, 1.82) is 0 Å². The van der Waals surface area contributed by atoms with Crippen LogP contribution in [-0.4, -0.2) is 13.7 Å². The van der Waals surface area contributed by atoms with Crippen LogP contribution in [0.2, 0.25) is 5.02 Å². The molecule has 0 amide bonds. The Hall–Kier alpha value is -1.58. The van der Waals surface area contributed by atoms with E-state index in [2.05, 4.69) is 5.32 Å². The highest BCUT2D eigenvalue weighted by atomic mass is 35.5. The molecule has 2 rings (SSSR count). The normalized spacial score (nSPS) is 12.2. The van der Waals surface area contributed by atoms with Gasteiger partial charge < -0.3 is 10.1 Å². The number of methoxy groups -OCH3 is 1. The Balaban J connectivity index is 2.28. The van der Waals surface area contributed by atoms with Gasteiger partial charge in [-0.2, -0.15) is 0 Å². The summed E-state index contributed by atoms with van der Waals surface area (Å²) < 4.78 is 19.2. The number of hydrogen-bond donors (Lipinski definition) is 1. The fourth-order valence-corrected chi connectivity index (χ4v) is 2.53. The van der Waals surface area contributed by atoms with Crippen molar-refractivity contribution in [3.63, 3.8) is 0 Å². The number of rotatable bonds is 6. The molecule has 21 heavy (non-hydrogen) atoms. The first-order chi connectivity index (χ1) is 10.1. The van der Waals surface area contributed by atoms with Crippen LogP contribution in [0.25, 0.3) is 0 Å². The van der Waals surface area contributed by atoms with Gasteiger partial charge in [0, 0.05) is 11.1 Å². The lowest BCUT2D eigenvalue weighted by Crippen LogP contribution is -2.23. The van der Waals surface area contributed by atoms with E-state index in [-0.39, 0.29) is 11.9 Å². The largest absolute Gasteiger partial charge is 0.497 e. The van der Waals surface area contributed by atoms with Crippen molar-refractivity contribution in [3.8, 4) is 5.75 Å². The molecular formula is C17H19ClFNO. The molecule has 0 radical (unpaired) electrons. The number of benzene rings is 2. The molecule has 0 fully saturated rings. The second kappa shape index (κ2) is 7.43. The molecule has 0 aliphatic rings. The molecule has 0 spiro atoms. The third-order valence-electron chi connectivity index (χ3n) is 3.38. The Morgan fingerprint density at radius 1 is 1.24 bits per heavy atom. The summed E-state index contributed by atoms with van der Waals surface area (Å²) in [6, 6.07) is 12.5. The fraction of sp³-hybridized carbons (Fsp3) is 0.294. The van der Waals surface area contributed by atoms with Crippen molar-refractivity contribution < 1.29 is 9.13 Å². The van der Waals surface area contributed by atoms with Crippen LogP contribution in [0.1, 0.15) is 24.1 Å². The van der Waals surface area contributed by atoms with Crippen LogP contribution in [0.5, 0.6) is 5.75 Å². The SMILES string of the molecule is CCNC(Cc1cc(Cl)ccc1F)c1cccc(OC)c1. The summed E-state index contributed by atoms with van der Waals surface area (Å²) in [5.41, 5.74) is 1.67. The van der Waals surface area contributed by atoms with Gasteiger partial charge in [-0.05, 0) is 54.4 Å². The molecule has 2 aromatic carbocycles. The minimum Gasteiger partial charge on any atom is -0.497 e.